The van der Waals surface area contributed by atoms with Crippen LogP contribution in [0.3, 0.4) is 0 Å². The maximum absolute atomic E-state index is 12.4. The van der Waals surface area contributed by atoms with E-state index in [-0.39, 0.29) is 5.91 Å². The second-order valence-corrected chi connectivity index (χ2v) is 6.04. The first-order chi connectivity index (χ1) is 11.6. The number of nitrogens with one attached hydrogen (secondary N) is 2. The number of hydrogen-bond acceptors (Lipinski definition) is 4. The van der Waals surface area contributed by atoms with Crippen LogP contribution in [0.15, 0.2) is 36.5 Å². The molecule has 0 bridgehead atoms. The minimum Gasteiger partial charge on any atom is -0.489 e. The van der Waals surface area contributed by atoms with Gasteiger partial charge in [0, 0.05) is 6.54 Å². The lowest BCUT2D eigenvalue weighted by Crippen LogP contribution is -2.27. The molecule has 1 heterocycles. The zero-order chi connectivity index (χ0) is 17.4. The summed E-state index contributed by atoms with van der Waals surface area (Å²) in [7, 11) is 1.89. The summed E-state index contributed by atoms with van der Waals surface area (Å²) in [6.45, 7) is 6.13. The van der Waals surface area contributed by atoms with Gasteiger partial charge in [0.05, 0.1) is 18.5 Å². The Balaban J connectivity index is 2.16. The van der Waals surface area contributed by atoms with Gasteiger partial charge in [-0.25, -0.2) is 4.68 Å². The molecular weight excluding hydrogens is 304 g/mol. The summed E-state index contributed by atoms with van der Waals surface area (Å²) >= 11 is 0. The lowest BCUT2D eigenvalue weighted by Gasteiger charge is -2.08. The third-order valence-electron chi connectivity index (χ3n) is 3.38. The third-order valence-corrected chi connectivity index (χ3v) is 3.38. The Morgan fingerprint density at radius 2 is 2.00 bits per heavy atom. The van der Waals surface area contributed by atoms with Gasteiger partial charge in [0.15, 0.2) is 11.4 Å². The maximum atomic E-state index is 12.4. The van der Waals surface area contributed by atoms with Crippen molar-refractivity contribution in [1.29, 1.82) is 0 Å². The Hall–Kier alpha value is -2.34. The van der Waals surface area contributed by atoms with Gasteiger partial charge in [0.25, 0.3) is 5.91 Å². The molecule has 130 valence electrons. The van der Waals surface area contributed by atoms with Crippen molar-refractivity contribution in [2.24, 2.45) is 5.92 Å². The summed E-state index contributed by atoms with van der Waals surface area (Å²) in [5, 5.41) is 10.4. The number of para-hydroxylation sites is 1. The predicted octanol–water partition coefficient (Wildman–Crippen LogP) is 2.25. The summed E-state index contributed by atoms with van der Waals surface area (Å²) in [5.41, 5.74) is 1.21. The van der Waals surface area contributed by atoms with Crippen LogP contribution in [0.4, 0.5) is 0 Å². The number of hydrogen-bond donors (Lipinski definition) is 2. The molecule has 2 rings (SSSR count). The lowest BCUT2D eigenvalue weighted by atomic mass is 10.2. The number of carbonyl (C=O) groups excluding carboxylic acids is 1. The van der Waals surface area contributed by atoms with E-state index in [4.69, 9.17) is 4.74 Å². The Labute approximate surface area is 143 Å². The monoisotopic (exact) mass is 330 g/mol. The Kier molecular flexibility index (Phi) is 6.81. The van der Waals surface area contributed by atoms with Crippen molar-refractivity contribution >= 4 is 5.91 Å². The summed E-state index contributed by atoms with van der Waals surface area (Å²) in [6.07, 6.45) is 2.63. The van der Waals surface area contributed by atoms with Gasteiger partial charge in [-0.05, 0) is 38.1 Å². The molecule has 1 aromatic heterocycles. The normalized spacial score (nSPS) is 10.8. The Morgan fingerprint density at radius 1 is 1.25 bits per heavy atom. The molecule has 2 aromatic rings. The second kappa shape index (κ2) is 9.08. The van der Waals surface area contributed by atoms with E-state index in [1.54, 1.807) is 10.9 Å². The molecule has 1 aromatic carbocycles. The molecule has 0 aliphatic heterocycles. The van der Waals surface area contributed by atoms with E-state index in [0.29, 0.717) is 30.5 Å². The first-order valence-corrected chi connectivity index (χ1v) is 8.32. The van der Waals surface area contributed by atoms with Gasteiger partial charge >= 0.3 is 0 Å². The zero-order valence-corrected chi connectivity index (χ0v) is 14.6. The highest BCUT2D eigenvalue weighted by Crippen LogP contribution is 2.20. The van der Waals surface area contributed by atoms with E-state index in [1.165, 1.54) is 0 Å². The molecule has 0 aliphatic carbocycles. The second-order valence-electron chi connectivity index (χ2n) is 6.04. The average molecular weight is 330 g/mol. The van der Waals surface area contributed by atoms with Crippen molar-refractivity contribution in [2.75, 3.05) is 26.7 Å². The number of ether oxygens (including phenoxy) is 1. The molecular formula is C18H26N4O2. The number of carbonyl (C=O) groups is 1. The molecule has 0 radical (unpaired) electrons. The zero-order valence-electron chi connectivity index (χ0n) is 14.6. The van der Waals surface area contributed by atoms with Crippen LogP contribution in [-0.2, 0) is 0 Å². The molecule has 0 atom stereocenters. The third kappa shape index (κ3) is 5.09. The molecule has 24 heavy (non-hydrogen) atoms. The molecule has 0 spiro atoms. The van der Waals surface area contributed by atoms with Crippen LogP contribution in [0.5, 0.6) is 5.75 Å². The number of nitrogens with zero attached hydrogens (tertiary/aromatic N) is 2. The summed E-state index contributed by atoms with van der Waals surface area (Å²) in [6, 6.07) is 9.69. The van der Waals surface area contributed by atoms with Crippen LogP contribution in [0.1, 0.15) is 30.8 Å². The number of amides is 1. The van der Waals surface area contributed by atoms with Gasteiger partial charge < -0.3 is 15.4 Å². The van der Waals surface area contributed by atoms with Crippen molar-refractivity contribution in [1.82, 2.24) is 20.4 Å². The summed E-state index contributed by atoms with van der Waals surface area (Å²) in [5.74, 6) is 0.676. The lowest BCUT2D eigenvalue weighted by molar-refractivity contribution is 0.0943. The number of rotatable bonds is 9. The van der Waals surface area contributed by atoms with Crippen molar-refractivity contribution in [3.05, 3.63) is 42.2 Å². The quantitative estimate of drug-likeness (QED) is 0.692. The van der Waals surface area contributed by atoms with Gasteiger partial charge in [0.1, 0.15) is 0 Å². The Bertz CT molecular complexity index is 638. The van der Waals surface area contributed by atoms with Gasteiger partial charge in [-0.2, -0.15) is 5.10 Å². The van der Waals surface area contributed by atoms with Crippen LogP contribution < -0.4 is 15.4 Å². The van der Waals surface area contributed by atoms with E-state index in [0.717, 1.165) is 18.7 Å². The minimum atomic E-state index is -0.209. The van der Waals surface area contributed by atoms with Crippen LogP contribution in [0.25, 0.3) is 5.69 Å². The van der Waals surface area contributed by atoms with Gasteiger partial charge in [0.2, 0.25) is 0 Å². The van der Waals surface area contributed by atoms with Gasteiger partial charge in [-0.1, -0.05) is 32.0 Å². The SMILES string of the molecule is CNCCCNC(=O)c1nn(-c2ccccc2)cc1OCC(C)C. The largest absolute Gasteiger partial charge is 0.489 e. The van der Waals surface area contributed by atoms with Crippen LogP contribution >= 0.6 is 0 Å². The van der Waals surface area contributed by atoms with Crippen molar-refractivity contribution in [3.8, 4) is 11.4 Å². The Morgan fingerprint density at radius 3 is 2.67 bits per heavy atom. The van der Waals surface area contributed by atoms with Crippen LogP contribution in [-0.4, -0.2) is 42.4 Å². The predicted molar refractivity (Wildman–Crippen MR) is 94.8 cm³/mol. The molecule has 0 fully saturated rings. The average Bonchev–Trinajstić information content (AvgIpc) is 3.02. The van der Waals surface area contributed by atoms with Crippen LogP contribution in [0.2, 0.25) is 0 Å². The summed E-state index contributed by atoms with van der Waals surface area (Å²) < 4.78 is 7.47. The summed E-state index contributed by atoms with van der Waals surface area (Å²) in [4.78, 5) is 12.4. The van der Waals surface area contributed by atoms with E-state index in [9.17, 15) is 4.79 Å². The van der Waals surface area contributed by atoms with Gasteiger partial charge in [-0.3, -0.25) is 4.79 Å². The topological polar surface area (TPSA) is 68.2 Å². The van der Waals surface area contributed by atoms with E-state index < -0.39 is 0 Å². The molecule has 6 heteroatoms. The van der Waals surface area contributed by atoms with E-state index >= 15 is 0 Å². The first-order valence-electron chi connectivity index (χ1n) is 8.32. The fraction of sp³-hybridized carbons (Fsp3) is 0.444. The minimum absolute atomic E-state index is 0.209. The molecule has 0 saturated heterocycles. The maximum Gasteiger partial charge on any atom is 0.275 e. The highest BCUT2D eigenvalue weighted by molar-refractivity contribution is 5.94. The molecule has 0 saturated carbocycles. The first kappa shape index (κ1) is 18.0. The van der Waals surface area contributed by atoms with Gasteiger partial charge in [-0.15, -0.1) is 0 Å². The molecule has 6 nitrogen and oxygen atoms in total. The highest BCUT2D eigenvalue weighted by atomic mass is 16.5. The fourth-order valence-corrected chi connectivity index (χ4v) is 2.14. The van der Waals surface area contributed by atoms with Crippen molar-refractivity contribution < 1.29 is 9.53 Å². The molecule has 2 N–H and O–H groups in total. The van der Waals surface area contributed by atoms with Crippen molar-refractivity contribution in [2.45, 2.75) is 20.3 Å². The highest BCUT2D eigenvalue weighted by Gasteiger charge is 2.19. The van der Waals surface area contributed by atoms with Crippen LogP contribution in [0, 0.1) is 5.92 Å². The fourth-order valence-electron chi connectivity index (χ4n) is 2.14. The van der Waals surface area contributed by atoms with Crippen molar-refractivity contribution in [3.63, 3.8) is 0 Å². The molecule has 1 amide bonds. The molecule has 0 aliphatic rings. The van der Waals surface area contributed by atoms with E-state index in [2.05, 4.69) is 29.6 Å². The smallest absolute Gasteiger partial charge is 0.275 e. The van der Waals surface area contributed by atoms with E-state index in [1.807, 2.05) is 37.4 Å². The molecule has 0 unspecified atom stereocenters. The number of aromatic nitrogens is 2. The number of benzene rings is 1. The standard InChI is InChI=1S/C18H26N4O2/c1-14(2)13-24-16-12-22(15-8-5-4-6-9-15)21-17(16)18(23)20-11-7-10-19-3/h4-6,8-9,12,14,19H,7,10-11,13H2,1-3H3,(H,20,23).